The summed E-state index contributed by atoms with van der Waals surface area (Å²) in [4.78, 5) is 2.63. The molecule has 0 spiro atoms. The molecule has 0 radical (unpaired) electrons. The number of unbranched alkanes of at least 4 members (excludes halogenated alkanes) is 1. The number of nitrogens with one attached hydrogen (secondary N) is 1. The van der Waals surface area contributed by atoms with Crippen molar-refractivity contribution in [3.8, 4) is 0 Å². The molecule has 1 N–H and O–H groups in total. The predicted octanol–water partition coefficient (Wildman–Crippen LogP) is 3.28. The van der Waals surface area contributed by atoms with E-state index in [1.807, 2.05) is 0 Å². The minimum Gasteiger partial charge on any atom is -0.311 e. The van der Waals surface area contributed by atoms with E-state index in [0.717, 1.165) is 13.1 Å². The van der Waals surface area contributed by atoms with Gasteiger partial charge in [0.2, 0.25) is 0 Å². The summed E-state index contributed by atoms with van der Waals surface area (Å²) in [5.41, 5.74) is 0.228. The van der Waals surface area contributed by atoms with Crippen LogP contribution in [0.5, 0.6) is 0 Å². The van der Waals surface area contributed by atoms with E-state index < -0.39 is 0 Å². The Kier molecular flexibility index (Phi) is 8.04. The van der Waals surface area contributed by atoms with Crippen LogP contribution in [-0.4, -0.2) is 36.1 Å². The normalized spacial score (nSPS) is 14.4. The van der Waals surface area contributed by atoms with Crippen molar-refractivity contribution >= 4 is 0 Å². The van der Waals surface area contributed by atoms with Crippen LogP contribution in [0, 0.1) is 0 Å². The number of nitrogens with zero attached hydrogens (tertiary/aromatic N) is 1. The fourth-order valence-electron chi connectivity index (χ4n) is 2.12. The van der Waals surface area contributed by atoms with Crippen molar-refractivity contribution in [2.75, 3.05) is 19.6 Å². The standard InChI is InChI=1S/C14H32N2/c1-7-10-11-16(13(4)8-2)12-14(5,6)15-9-3/h13,15H,7-12H2,1-6H3. The van der Waals surface area contributed by atoms with Crippen molar-refractivity contribution in [3.63, 3.8) is 0 Å². The topological polar surface area (TPSA) is 15.3 Å². The lowest BCUT2D eigenvalue weighted by Gasteiger charge is -2.36. The monoisotopic (exact) mass is 228 g/mol. The number of hydrogen-bond acceptors (Lipinski definition) is 2. The van der Waals surface area contributed by atoms with Crippen LogP contribution in [0.15, 0.2) is 0 Å². The van der Waals surface area contributed by atoms with Crippen molar-refractivity contribution in [2.24, 2.45) is 0 Å². The van der Waals surface area contributed by atoms with Crippen LogP contribution in [0.2, 0.25) is 0 Å². The maximum atomic E-state index is 3.57. The van der Waals surface area contributed by atoms with Gasteiger partial charge in [-0.25, -0.2) is 0 Å². The number of rotatable bonds is 9. The van der Waals surface area contributed by atoms with Gasteiger partial charge in [0.25, 0.3) is 0 Å². The van der Waals surface area contributed by atoms with Crippen LogP contribution in [-0.2, 0) is 0 Å². The first-order valence-electron chi connectivity index (χ1n) is 6.95. The quantitative estimate of drug-likeness (QED) is 0.651. The number of hydrogen-bond donors (Lipinski definition) is 1. The molecule has 0 aliphatic heterocycles. The van der Waals surface area contributed by atoms with Gasteiger partial charge in [-0.1, -0.05) is 27.2 Å². The summed E-state index contributed by atoms with van der Waals surface area (Å²) in [7, 11) is 0. The summed E-state index contributed by atoms with van der Waals surface area (Å²) in [5.74, 6) is 0. The maximum absolute atomic E-state index is 3.57. The summed E-state index contributed by atoms with van der Waals surface area (Å²) >= 11 is 0. The van der Waals surface area contributed by atoms with Crippen LogP contribution in [0.3, 0.4) is 0 Å². The lowest BCUT2D eigenvalue weighted by atomic mass is 10.0. The molecule has 0 heterocycles. The second kappa shape index (κ2) is 8.08. The van der Waals surface area contributed by atoms with E-state index in [2.05, 4.69) is 51.8 Å². The van der Waals surface area contributed by atoms with Crippen LogP contribution in [0.4, 0.5) is 0 Å². The average Bonchev–Trinajstić information content (AvgIpc) is 2.22. The molecule has 0 aliphatic rings. The van der Waals surface area contributed by atoms with E-state index in [1.54, 1.807) is 0 Å². The Hall–Kier alpha value is -0.0800. The van der Waals surface area contributed by atoms with E-state index in [9.17, 15) is 0 Å². The summed E-state index contributed by atoms with van der Waals surface area (Å²) in [6.07, 6.45) is 3.84. The van der Waals surface area contributed by atoms with Crippen molar-refractivity contribution in [1.82, 2.24) is 10.2 Å². The third kappa shape index (κ3) is 6.49. The zero-order chi connectivity index (χ0) is 12.6. The molecule has 2 nitrogen and oxygen atoms in total. The molecule has 0 rings (SSSR count). The Balaban J connectivity index is 4.28. The molecular formula is C14H32N2. The van der Waals surface area contributed by atoms with Gasteiger partial charge >= 0.3 is 0 Å². The molecule has 98 valence electrons. The Morgan fingerprint density at radius 1 is 1.19 bits per heavy atom. The second-order valence-corrected chi connectivity index (χ2v) is 5.50. The molecule has 0 aliphatic carbocycles. The van der Waals surface area contributed by atoms with E-state index in [4.69, 9.17) is 0 Å². The fourth-order valence-corrected chi connectivity index (χ4v) is 2.12. The molecule has 1 unspecified atom stereocenters. The first kappa shape index (κ1) is 15.9. The third-order valence-corrected chi connectivity index (χ3v) is 3.27. The fraction of sp³-hybridized carbons (Fsp3) is 1.00. The molecule has 2 heteroatoms. The van der Waals surface area contributed by atoms with Crippen molar-refractivity contribution < 1.29 is 0 Å². The van der Waals surface area contributed by atoms with Gasteiger partial charge in [-0.3, -0.25) is 4.90 Å². The van der Waals surface area contributed by atoms with Gasteiger partial charge in [0.1, 0.15) is 0 Å². The molecular weight excluding hydrogens is 196 g/mol. The highest BCUT2D eigenvalue weighted by atomic mass is 15.2. The first-order chi connectivity index (χ1) is 7.46. The molecule has 0 aromatic rings. The molecule has 0 aromatic heterocycles. The Morgan fingerprint density at radius 2 is 1.81 bits per heavy atom. The van der Waals surface area contributed by atoms with E-state index in [1.165, 1.54) is 25.8 Å². The van der Waals surface area contributed by atoms with Crippen LogP contribution in [0.25, 0.3) is 0 Å². The van der Waals surface area contributed by atoms with E-state index in [0.29, 0.717) is 6.04 Å². The lowest BCUT2D eigenvalue weighted by Crippen LogP contribution is -2.51. The van der Waals surface area contributed by atoms with Gasteiger partial charge in [-0.2, -0.15) is 0 Å². The molecule has 0 amide bonds. The molecule has 16 heavy (non-hydrogen) atoms. The lowest BCUT2D eigenvalue weighted by molar-refractivity contribution is 0.151. The molecule has 0 saturated carbocycles. The Labute approximate surface area is 103 Å². The highest BCUT2D eigenvalue weighted by Gasteiger charge is 2.22. The highest BCUT2D eigenvalue weighted by Crippen LogP contribution is 2.12. The van der Waals surface area contributed by atoms with Gasteiger partial charge in [-0.15, -0.1) is 0 Å². The van der Waals surface area contributed by atoms with Gasteiger partial charge in [0, 0.05) is 18.1 Å². The van der Waals surface area contributed by atoms with Gasteiger partial charge < -0.3 is 5.32 Å². The van der Waals surface area contributed by atoms with Crippen molar-refractivity contribution in [2.45, 2.75) is 72.4 Å². The Bertz CT molecular complexity index is 166. The summed E-state index contributed by atoms with van der Waals surface area (Å²) in [6, 6.07) is 0.699. The van der Waals surface area contributed by atoms with Crippen LogP contribution >= 0.6 is 0 Å². The maximum Gasteiger partial charge on any atom is 0.0252 e. The average molecular weight is 228 g/mol. The van der Waals surface area contributed by atoms with E-state index >= 15 is 0 Å². The SMILES string of the molecule is CCCCN(CC(C)(C)NCC)C(C)CC. The van der Waals surface area contributed by atoms with E-state index in [-0.39, 0.29) is 5.54 Å². The summed E-state index contributed by atoms with van der Waals surface area (Å²) in [5, 5.41) is 3.57. The minimum atomic E-state index is 0.228. The van der Waals surface area contributed by atoms with Crippen molar-refractivity contribution in [3.05, 3.63) is 0 Å². The minimum absolute atomic E-state index is 0.228. The summed E-state index contributed by atoms with van der Waals surface area (Å²) in [6.45, 7) is 17.1. The first-order valence-corrected chi connectivity index (χ1v) is 6.95. The van der Waals surface area contributed by atoms with Gasteiger partial charge in [0.15, 0.2) is 0 Å². The smallest absolute Gasteiger partial charge is 0.0252 e. The molecule has 0 fully saturated rings. The highest BCUT2D eigenvalue weighted by molar-refractivity contribution is 4.83. The largest absolute Gasteiger partial charge is 0.311 e. The van der Waals surface area contributed by atoms with Gasteiger partial charge in [0.05, 0.1) is 0 Å². The van der Waals surface area contributed by atoms with Crippen molar-refractivity contribution in [1.29, 1.82) is 0 Å². The second-order valence-electron chi connectivity index (χ2n) is 5.50. The third-order valence-electron chi connectivity index (χ3n) is 3.27. The van der Waals surface area contributed by atoms with Crippen LogP contribution < -0.4 is 5.32 Å². The molecule has 0 saturated heterocycles. The zero-order valence-electron chi connectivity index (χ0n) is 12.3. The Morgan fingerprint density at radius 3 is 2.25 bits per heavy atom. The van der Waals surface area contributed by atoms with Crippen LogP contribution in [0.1, 0.15) is 60.8 Å². The predicted molar refractivity (Wildman–Crippen MR) is 74.0 cm³/mol. The molecule has 1 atom stereocenters. The number of likely N-dealkylation sites (N-methyl/N-ethyl adjacent to an activating group) is 1. The summed E-state index contributed by atoms with van der Waals surface area (Å²) < 4.78 is 0. The van der Waals surface area contributed by atoms with Gasteiger partial charge in [-0.05, 0) is 46.7 Å². The zero-order valence-corrected chi connectivity index (χ0v) is 12.3. The molecule has 0 bridgehead atoms. The molecule has 0 aromatic carbocycles.